The van der Waals surface area contributed by atoms with Crippen molar-refractivity contribution in [3.63, 3.8) is 0 Å². The minimum Gasteiger partial charge on any atom is -0.181 e. The number of rotatable bonds is 9. The summed E-state index contributed by atoms with van der Waals surface area (Å²) in [6.07, 6.45) is 11.0. The normalized spacial score (nSPS) is 19.0. The number of nitrogens with zero attached hydrogens (tertiary/aromatic N) is 2. The summed E-state index contributed by atoms with van der Waals surface area (Å²) < 4.78 is 0. The average Bonchev–Trinajstić information content (AvgIpc) is 2.71. The highest BCUT2D eigenvalue weighted by molar-refractivity contribution is 5.13. The Hall–Kier alpha value is -0.660. The van der Waals surface area contributed by atoms with E-state index in [1.165, 1.54) is 50.5 Å². The standard InChI is InChI=1S/C16H30N2/c1-13(2)8-5-6-10-15-12-17-18-16(15)11-7-9-14(3)4/h12-14,16H,5-11H2,1-4H3. The Kier molecular flexibility index (Phi) is 7.22. The lowest BCUT2D eigenvalue weighted by atomic mass is 9.95. The molecule has 0 N–H and O–H groups in total. The molecule has 0 spiro atoms. The molecule has 1 aliphatic rings. The van der Waals surface area contributed by atoms with Crippen molar-refractivity contribution in [3.8, 4) is 0 Å². The van der Waals surface area contributed by atoms with Crippen LogP contribution in [0.2, 0.25) is 0 Å². The molecule has 0 aromatic rings. The van der Waals surface area contributed by atoms with Crippen LogP contribution in [0.4, 0.5) is 0 Å². The summed E-state index contributed by atoms with van der Waals surface area (Å²) in [7, 11) is 0. The zero-order valence-electron chi connectivity index (χ0n) is 12.7. The molecular weight excluding hydrogens is 220 g/mol. The van der Waals surface area contributed by atoms with E-state index in [1.54, 1.807) is 0 Å². The molecule has 1 atom stereocenters. The zero-order valence-corrected chi connectivity index (χ0v) is 12.7. The van der Waals surface area contributed by atoms with Gasteiger partial charge in [0.15, 0.2) is 0 Å². The molecule has 0 bridgehead atoms. The second kappa shape index (κ2) is 8.44. The maximum atomic E-state index is 4.36. The molecule has 0 aromatic heterocycles. The van der Waals surface area contributed by atoms with Crippen LogP contribution in [0.25, 0.3) is 0 Å². The molecule has 18 heavy (non-hydrogen) atoms. The summed E-state index contributed by atoms with van der Waals surface area (Å²) in [4.78, 5) is 0. The third kappa shape index (κ3) is 6.32. The van der Waals surface area contributed by atoms with Crippen molar-refractivity contribution in [1.82, 2.24) is 0 Å². The van der Waals surface area contributed by atoms with Gasteiger partial charge in [-0.1, -0.05) is 53.4 Å². The molecule has 1 aliphatic heterocycles. The first-order valence-electron chi connectivity index (χ1n) is 7.68. The Morgan fingerprint density at radius 3 is 2.33 bits per heavy atom. The van der Waals surface area contributed by atoms with Gasteiger partial charge in [0.2, 0.25) is 0 Å². The molecule has 0 saturated heterocycles. The van der Waals surface area contributed by atoms with E-state index in [2.05, 4.69) is 37.9 Å². The van der Waals surface area contributed by atoms with Crippen LogP contribution >= 0.6 is 0 Å². The molecule has 0 aliphatic carbocycles. The Labute approximate surface area is 113 Å². The minimum atomic E-state index is 0.405. The molecule has 2 heteroatoms. The first-order chi connectivity index (χ1) is 8.59. The fourth-order valence-electron chi connectivity index (χ4n) is 2.42. The fraction of sp³-hybridized carbons (Fsp3) is 0.875. The molecule has 0 saturated carbocycles. The van der Waals surface area contributed by atoms with Crippen molar-refractivity contribution in [2.24, 2.45) is 22.1 Å². The minimum absolute atomic E-state index is 0.405. The number of azo groups is 1. The lowest BCUT2D eigenvalue weighted by Crippen LogP contribution is -2.06. The zero-order chi connectivity index (χ0) is 13.4. The third-order valence-corrected chi connectivity index (χ3v) is 3.61. The molecule has 0 aromatic carbocycles. The van der Waals surface area contributed by atoms with Crippen LogP contribution in [0.15, 0.2) is 22.0 Å². The van der Waals surface area contributed by atoms with Crippen LogP contribution in [0.3, 0.4) is 0 Å². The molecule has 0 radical (unpaired) electrons. The smallest absolute Gasteiger partial charge is 0.0940 e. The van der Waals surface area contributed by atoms with Crippen LogP contribution in [0.5, 0.6) is 0 Å². The average molecular weight is 250 g/mol. The number of unbranched alkanes of at least 4 members (excludes halogenated alkanes) is 1. The molecule has 1 heterocycles. The Morgan fingerprint density at radius 1 is 1.00 bits per heavy atom. The van der Waals surface area contributed by atoms with E-state index in [1.807, 2.05) is 6.20 Å². The fourth-order valence-corrected chi connectivity index (χ4v) is 2.42. The molecular formula is C16H30N2. The Balaban J connectivity index is 2.16. The summed E-state index contributed by atoms with van der Waals surface area (Å²) in [6.45, 7) is 9.18. The summed E-state index contributed by atoms with van der Waals surface area (Å²) in [5.41, 5.74) is 1.47. The SMILES string of the molecule is CC(C)CCCCC1=CN=NC1CCCC(C)C. The van der Waals surface area contributed by atoms with Crippen LogP contribution < -0.4 is 0 Å². The molecule has 2 nitrogen and oxygen atoms in total. The van der Waals surface area contributed by atoms with E-state index in [0.717, 1.165) is 11.8 Å². The highest BCUT2D eigenvalue weighted by Crippen LogP contribution is 2.26. The first kappa shape index (κ1) is 15.4. The molecule has 104 valence electrons. The van der Waals surface area contributed by atoms with Crippen molar-refractivity contribution in [1.29, 1.82) is 0 Å². The second-order valence-corrected chi connectivity index (χ2v) is 6.42. The van der Waals surface area contributed by atoms with Gasteiger partial charge >= 0.3 is 0 Å². The Morgan fingerprint density at radius 2 is 1.67 bits per heavy atom. The van der Waals surface area contributed by atoms with Gasteiger partial charge in [-0.25, -0.2) is 0 Å². The van der Waals surface area contributed by atoms with Crippen molar-refractivity contribution in [3.05, 3.63) is 11.8 Å². The predicted molar refractivity (Wildman–Crippen MR) is 78.7 cm³/mol. The monoisotopic (exact) mass is 250 g/mol. The lowest BCUT2D eigenvalue weighted by molar-refractivity contribution is 0.504. The van der Waals surface area contributed by atoms with Gasteiger partial charge in [0, 0.05) is 0 Å². The molecule has 0 fully saturated rings. The van der Waals surface area contributed by atoms with Crippen LogP contribution in [0, 0.1) is 11.8 Å². The van der Waals surface area contributed by atoms with Gasteiger partial charge in [0.1, 0.15) is 0 Å². The highest BCUT2D eigenvalue weighted by Gasteiger charge is 2.17. The van der Waals surface area contributed by atoms with Gasteiger partial charge in [-0.15, -0.1) is 0 Å². The topological polar surface area (TPSA) is 24.7 Å². The van der Waals surface area contributed by atoms with Crippen LogP contribution in [0.1, 0.15) is 72.6 Å². The number of hydrogen-bond donors (Lipinski definition) is 0. The summed E-state index contributed by atoms with van der Waals surface area (Å²) >= 11 is 0. The van der Waals surface area contributed by atoms with Crippen LogP contribution in [-0.2, 0) is 0 Å². The van der Waals surface area contributed by atoms with Crippen molar-refractivity contribution >= 4 is 0 Å². The summed E-state index contributed by atoms with van der Waals surface area (Å²) in [5, 5.41) is 8.48. The van der Waals surface area contributed by atoms with Gasteiger partial charge in [-0.05, 0) is 36.7 Å². The van der Waals surface area contributed by atoms with E-state index in [-0.39, 0.29) is 0 Å². The van der Waals surface area contributed by atoms with Gasteiger partial charge in [-0.3, -0.25) is 0 Å². The third-order valence-electron chi connectivity index (χ3n) is 3.61. The van der Waals surface area contributed by atoms with E-state index in [0.29, 0.717) is 6.04 Å². The summed E-state index contributed by atoms with van der Waals surface area (Å²) in [5.74, 6) is 1.64. The quantitative estimate of drug-likeness (QED) is 0.466. The van der Waals surface area contributed by atoms with Crippen molar-refractivity contribution in [2.75, 3.05) is 0 Å². The van der Waals surface area contributed by atoms with E-state index < -0.39 is 0 Å². The Bertz CT molecular complexity index is 277. The maximum absolute atomic E-state index is 4.36. The van der Waals surface area contributed by atoms with Gasteiger partial charge < -0.3 is 0 Å². The molecule has 0 amide bonds. The van der Waals surface area contributed by atoms with E-state index in [4.69, 9.17) is 0 Å². The van der Waals surface area contributed by atoms with E-state index in [9.17, 15) is 0 Å². The summed E-state index contributed by atoms with van der Waals surface area (Å²) in [6, 6.07) is 0.405. The lowest BCUT2D eigenvalue weighted by Gasteiger charge is -2.12. The van der Waals surface area contributed by atoms with Gasteiger partial charge in [-0.2, -0.15) is 10.2 Å². The molecule has 1 unspecified atom stereocenters. The number of hydrogen-bond acceptors (Lipinski definition) is 2. The maximum Gasteiger partial charge on any atom is 0.0940 e. The largest absolute Gasteiger partial charge is 0.181 e. The molecule has 1 rings (SSSR count). The van der Waals surface area contributed by atoms with Gasteiger partial charge in [0.05, 0.1) is 12.2 Å². The van der Waals surface area contributed by atoms with Crippen molar-refractivity contribution < 1.29 is 0 Å². The van der Waals surface area contributed by atoms with Crippen molar-refractivity contribution in [2.45, 2.75) is 78.7 Å². The van der Waals surface area contributed by atoms with Gasteiger partial charge in [0.25, 0.3) is 0 Å². The predicted octanol–water partition coefficient (Wildman–Crippen LogP) is 5.75. The van der Waals surface area contributed by atoms with Crippen LogP contribution in [-0.4, -0.2) is 6.04 Å². The van der Waals surface area contributed by atoms with E-state index >= 15 is 0 Å². The highest BCUT2D eigenvalue weighted by atomic mass is 15.1. The second-order valence-electron chi connectivity index (χ2n) is 6.42. The first-order valence-corrected chi connectivity index (χ1v) is 7.68.